The molecule has 0 unspecified atom stereocenters. The summed E-state index contributed by atoms with van der Waals surface area (Å²) in [6.45, 7) is 0. The number of halogens is 2. The maximum Gasteiger partial charge on any atom is 0.356 e. The van der Waals surface area contributed by atoms with E-state index in [0.29, 0.717) is 27.1 Å². The smallest absolute Gasteiger partial charge is 0.356 e. The van der Waals surface area contributed by atoms with Crippen LogP contribution >= 0.6 is 23.2 Å². The summed E-state index contributed by atoms with van der Waals surface area (Å²) < 4.78 is 1.49. The number of nitrogens with zero attached hydrogens (tertiary/aromatic N) is 3. The van der Waals surface area contributed by atoms with Gasteiger partial charge in [-0.1, -0.05) is 53.5 Å². The second kappa shape index (κ2) is 6.44. The van der Waals surface area contributed by atoms with Crippen LogP contribution in [0.15, 0.2) is 60.7 Å². The average Bonchev–Trinajstić information content (AvgIpc) is 3.07. The van der Waals surface area contributed by atoms with Gasteiger partial charge in [-0.15, -0.1) is 0 Å². The largest absolute Gasteiger partial charge is 0.476 e. The standard InChI is InChI=1S/C19H11Cl2N3O2/c20-12-7-5-11(6-8-12)15-9-17(13-3-1-2-4-14(13)21)24-18(22-15)10-16(23-24)19(25)26/h1-10H,(H,25,26). The Morgan fingerprint density at radius 1 is 1.00 bits per heavy atom. The number of carbonyl (C=O) groups is 1. The molecule has 1 N–H and O–H groups in total. The second-order valence-electron chi connectivity index (χ2n) is 5.62. The molecule has 4 rings (SSSR count). The van der Waals surface area contributed by atoms with Crippen LogP contribution in [0, 0.1) is 0 Å². The highest BCUT2D eigenvalue weighted by Gasteiger charge is 2.16. The minimum absolute atomic E-state index is 0.0842. The normalized spacial score (nSPS) is 11.0. The van der Waals surface area contributed by atoms with Crippen molar-refractivity contribution in [2.45, 2.75) is 0 Å². The van der Waals surface area contributed by atoms with Crippen molar-refractivity contribution in [1.82, 2.24) is 14.6 Å². The molecule has 0 fully saturated rings. The van der Waals surface area contributed by atoms with Gasteiger partial charge >= 0.3 is 5.97 Å². The maximum atomic E-state index is 11.3. The third-order valence-electron chi connectivity index (χ3n) is 3.94. The summed E-state index contributed by atoms with van der Waals surface area (Å²) in [5.74, 6) is -1.12. The predicted octanol–water partition coefficient (Wildman–Crippen LogP) is 5.07. The molecule has 0 aliphatic carbocycles. The molecule has 0 saturated carbocycles. The first-order chi connectivity index (χ1) is 12.5. The highest BCUT2D eigenvalue weighted by Crippen LogP contribution is 2.31. The van der Waals surface area contributed by atoms with Gasteiger partial charge in [0.2, 0.25) is 0 Å². The van der Waals surface area contributed by atoms with E-state index in [1.807, 2.05) is 36.4 Å². The Bertz CT molecular complexity index is 1140. The Kier molecular flexibility index (Phi) is 4.11. The zero-order valence-corrected chi connectivity index (χ0v) is 14.7. The highest BCUT2D eigenvalue weighted by atomic mass is 35.5. The SMILES string of the molecule is O=C(O)c1cc2nc(-c3ccc(Cl)cc3)cc(-c3ccccc3Cl)n2n1. The van der Waals surface area contributed by atoms with Gasteiger partial charge in [-0.25, -0.2) is 14.3 Å². The summed E-state index contributed by atoms with van der Waals surface area (Å²) in [4.78, 5) is 15.9. The molecule has 0 bridgehead atoms. The molecule has 0 spiro atoms. The van der Waals surface area contributed by atoms with Crippen molar-refractivity contribution in [3.63, 3.8) is 0 Å². The Labute approximate surface area is 158 Å². The Morgan fingerprint density at radius 3 is 2.42 bits per heavy atom. The summed E-state index contributed by atoms with van der Waals surface area (Å²) in [6.07, 6.45) is 0. The monoisotopic (exact) mass is 383 g/mol. The molecule has 4 aromatic rings. The number of fused-ring (bicyclic) bond motifs is 1. The fourth-order valence-corrected chi connectivity index (χ4v) is 3.07. The van der Waals surface area contributed by atoms with Crippen molar-refractivity contribution in [2.75, 3.05) is 0 Å². The molecular formula is C19H11Cl2N3O2. The Morgan fingerprint density at radius 2 is 1.73 bits per heavy atom. The topological polar surface area (TPSA) is 67.5 Å². The van der Waals surface area contributed by atoms with Crippen molar-refractivity contribution in [3.05, 3.63) is 76.4 Å². The molecule has 5 nitrogen and oxygen atoms in total. The molecular weight excluding hydrogens is 373 g/mol. The molecule has 0 atom stereocenters. The van der Waals surface area contributed by atoms with Crippen molar-refractivity contribution >= 4 is 34.8 Å². The lowest BCUT2D eigenvalue weighted by Gasteiger charge is -2.10. The van der Waals surface area contributed by atoms with E-state index in [1.54, 1.807) is 18.2 Å². The average molecular weight is 384 g/mol. The molecule has 2 aromatic heterocycles. The Balaban J connectivity index is 2.02. The molecule has 0 amide bonds. The van der Waals surface area contributed by atoms with Crippen molar-refractivity contribution < 1.29 is 9.90 Å². The first-order valence-corrected chi connectivity index (χ1v) is 8.43. The van der Waals surface area contributed by atoms with Crippen LogP contribution in [0.25, 0.3) is 28.2 Å². The highest BCUT2D eigenvalue weighted by molar-refractivity contribution is 6.33. The van der Waals surface area contributed by atoms with E-state index >= 15 is 0 Å². The van der Waals surface area contributed by atoms with Gasteiger partial charge in [-0.2, -0.15) is 5.10 Å². The van der Waals surface area contributed by atoms with E-state index in [9.17, 15) is 9.90 Å². The lowest BCUT2D eigenvalue weighted by atomic mass is 10.1. The third-order valence-corrected chi connectivity index (χ3v) is 4.52. The number of rotatable bonds is 3. The molecule has 0 aliphatic heterocycles. The second-order valence-corrected chi connectivity index (χ2v) is 6.46. The van der Waals surface area contributed by atoms with Crippen LogP contribution in [-0.4, -0.2) is 25.7 Å². The first-order valence-electron chi connectivity index (χ1n) is 7.68. The van der Waals surface area contributed by atoms with Crippen LogP contribution in [-0.2, 0) is 0 Å². The third kappa shape index (κ3) is 2.92. The van der Waals surface area contributed by atoms with E-state index < -0.39 is 5.97 Å². The van der Waals surface area contributed by atoms with E-state index in [2.05, 4.69) is 10.1 Å². The van der Waals surface area contributed by atoms with E-state index in [0.717, 1.165) is 11.1 Å². The molecule has 0 radical (unpaired) electrons. The van der Waals surface area contributed by atoms with Crippen LogP contribution in [0.3, 0.4) is 0 Å². The van der Waals surface area contributed by atoms with Gasteiger partial charge in [-0.3, -0.25) is 0 Å². The lowest BCUT2D eigenvalue weighted by Crippen LogP contribution is -2.01. The summed E-state index contributed by atoms with van der Waals surface area (Å²) in [7, 11) is 0. The summed E-state index contributed by atoms with van der Waals surface area (Å²) in [5, 5.41) is 14.6. The number of benzene rings is 2. The number of hydrogen-bond acceptors (Lipinski definition) is 3. The number of carboxylic acids is 1. The number of aromatic carboxylic acids is 1. The van der Waals surface area contributed by atoms with Crippen molar-refractivity contribution in [1.29, 1.82) is 0 Å². The first kappa shape index (κ1) is 16.6. The molecule has 0 aliphatic rings. The molecule has 2 heterocycles. The minimum Gasteiger partial charge on any atom is -0.476 e. The quantitative estimate of drug-likeness (QED) is 0.536. The van der Waals surface area contributed by atoms with Crippen LogP contribution in [0.4, 0.5) is 0 Å². The van der Waals surface area contributed by atoms with Crippen molar-refractivity contribution in [2.24, 2.45) is 0 Å². The van der Waals surface area contributed by atoms with E-state index in [4.69, 9.17) is 23.2 Å². The fraction of sp³-hybridized carbons (Fsp3) is 0. The van der Waals surface area contributed by atoms with Gasteiger partial charge in [0, 0.05) is 27.2 Å². The summed E-state index contributed by atoms with van der Waals surface area (Å²) >= 11 is 12.3. The molecule has 128 valence electrons. The van der Waals surface area contributed by atoms with Gasteiger partial charge in [0.15, 0.2) is 11.3 Å². The lowest BCUT2D eigenvalue weighted by molar-refractivity contribution is 0.0690. The number of aromatic nitrogens is 3. The van der Waals surface area contributed by atoms with Crippen LogP contribution in [0.5, 0.6) is 0 Å². The molecule has 26 heavy (non-hydrogen) atoms. The predicted molar refractivity (Wildman–Crippen MR) is 101 cm³/mol. The van der Waals surface area contributed by atoms with Crippen LogP contribution < -0.4 is 0 Å². The van der Waals surface area contributed by atoms with E-state index in [-0.39, 0.29) is 5.69 Å². The van der Waals surface area contributed by atoms with E-state index in [1.165, 1.54) is 10.6 Å². The fourth-order valence-electron chi connectivity index (χ4n) is 2.71. The maximum absolute atomic E-state index is 11.3. The summed E-state index contributed by atoms with van der Waals surface area (Å²) in [6, 6.07) is 17.8. The van der Waals surface area contributed by atoms with Gasteiger partial charge in [0.1, 0.15) is 0 Å². The van der Waals surface area contributed by atoms with Gasteiger partial charge < -0.3 is 5.11 Å². The van der Waals surface area contributed by atoms with Crippen LogP contribution in [0.1, 0.15) is 10.5 Å². The van der Waals surface area contributed by atoms with Gasteiger partial charge in [0.25, 0.3) is 0 Å². The molecule has 2 aromatic carbocycles. The molecule has 7 heteroatoms. The number of hydrogen-bond donors (Lipinski definition) is 1. The number of carboxylic acid groups (broad SMARTS) is 1. The minimum atomic E-state index is -1.12. The van der Waals surface area contributed by atoms with Gasteiger partial charge in [0.05, 0.1) is 11.4 Å². The van der Waals surface area contributed by atoms with Crippen molar-refractivity contribution in [3.8, 4) is 22.5 Å². The zero-order chi connectivity index (χ0) is 18.3. The Hall–Kier alpha value is -2.89. The zero-order valence-electron chi connectivity index (χ0n) is 13.2. The summed E-state index contributed by atoms with van der Waals surface area (Å²) in [5.41, 5.74) is 3.24. The van der Waals surface area contributed by atoms with Crippen LogP contribution in [0.2, 0.25) is 10.0 Å². The molecule has 0 saturated heterocycles. The van der Waals surface area contributed by atoms with Gasteiger partial charge in [-0.05, 0) is 24.3 Å².